The van der Waals surface area contributed by atoms with Crippen molar-refractivity contribution >= 4 is 0 Å². The molecule has 2 rings (SSSR count). The van der Waals surface area contributed by atoms with Crippen LogP contribution < -0.4 is 15.2 Å². The third-order valence-electron chi connectivity index (χ3n) is 3.26. The highest BCUT2D eigenvalue weighted by Gasteiger charge is 2.24. The fraction of sp³-hybridized carbons (Fsp3) is 0.538. The van der Waals surface area contributed by atoms with E-state index in [1.807, 2.05) is 24.3 Å². The Bertz CT molecular complexity index is 319. The van der Waals surface area contributed by atoms with Crippen LogP contribution in [0, 0.1) is 5.92 Å². The van der Waals surface area contributed by atoms with Crippen LogP contribution in [0.1, 0.15) is 19.3 Å². The van der Waals surface area contributed by atoms with Gasteiger partial charge in [-0.25, -0.2) is 0 Å². The van der Waals surface area contributed by atoms with Gasteiger partial charge in [-0.2, -0.15) is 0 Å². The normalized spacial score (nSPS) is 17.6. The average molecular weight is 221 g/mol. The average Bonchev–Trinajstić information content (AvgIpc) is 2.25. The summed E-state index contributed by atoms with van der Waals surface area (Å²) in [6, 6.07) is 7.78. The van der Waals surface area contributed by atoms with Crippen LogP contribution in [0.5, 0.6) is 11.5 Å². The van der Waals surface area contributed by atoms with E-state index in [-0.39, 0.29) is 6.04 Å². The minimum absolute atomic E-state index is 0.177. The number of methoxy groups -OCH3 is 1. The molecule has 1 unspecified atom stereocenters. The summed E-state index contributed by atoms with van der Waals surface area (Å²) in [6.07, 6.45) is 3.83. The first kappa shape index (κ1) is 11.3. The van der Waals surface area contributed by atoms with E-state index in [2.05, 4.69) is 0 Å². The number of hydrogen-bond acceptors (Lipinski definition) is 3. The molecule has 1 aromatic rings. The van der Waals surface area contributed by atoms with Crippen molar-refractivity contribution in [2.45, 2.75) is 25.3 Å². The zero-order chi connectivity index (χ0) is 11.4. The van der Waals surface area contributed by atoms with Gasteiger partial charge in [-0.15, -0.1) is 0 Å². The molecule has 1 saturated carbocycles. The lowest BCUT2D eigenvalue weighted by Gasteiger charge is -2.30. The topological polar surface area (TPSA) is 44.5 Å². The van der Waals surface area contributed by atoms with E-state index in [0.717, 1.165) is 11.5 Å². The molecule has 3 heteroatoms. The van der Waals surface area contributed by atoms with Crippen LogP contribution in [0.2, 0.25) is 0 Å². The molecule has 0 radical (unpaired) electrons. The molecule has 1 aliphatic carbocycles. The molecule has 1 fully saturated rings. The predicted octanol–water partition coefficient (Wildman–Crippen LogP) is 2.20. The Morgan fingerprint density at radius 2 is 1.88 bits per heavy atom. The van der Waals surface area contributed by atoms with Crippen LogP contribution in [-0.4, -0.2) is 19.8 Å². The summed E-state index contributed by atoms with van der Waals surface area (Å²) in [4.78, 5) is 0. The first-order valence-electron chi connectivity index (χ1n) is 5.82. The molecule has 0 heterocycles. The van der Waals surface area contributed by atoms with Crippen molar-refractivity contribution in [3.05, 3.63) is 24.3 Å². The van der Waals surface area contributed by atoms with Crippen LogP contribution in [0.25, 0.3) is 0 Å². The van der Waals surface area contributed by atoms with E-state index in [0.29, 0.717) is 12.5 Å². The number of rotatable bonds is 5. The van der Waals surface area contributed by atoms with Gasteiger partial charge in [0.25, 0.3) is 0 Å². The number of hydrogen-bond donors (Lipinski definition) is 1. The van der Waals surface area contributed by atoms with Crippen molar-refractivity contribution in [2.75, 3.05) is 13.7 Å². The van der Waals surface area contributed by atoms with Gasteiger partial charge in [0, 0.05) is 6.04 Å². The van der Waals surface area contributed by atoms with Crippen molar-refractivity contribution in [1.82, 2.24) is 0 Å². The molecule has 0 aliphatic heterocycles. The minimum Gasteiger partial charge on any atom is -0.497 e. The Hall–Kier alpha value is -1.22. The van der Waals surface area contributed by atoms with E-state index in [4.69, 9.17) is 15.2 Å². The third kappa shape index (κ3) is 2.67. The summed E-state index contributed by atoms with van der Waals surface area (Å²) in [7, 11) is 1.66. The van der Waals surface area contributed by atoms with E-state index >= 15 is 0 Å². The molecule has 3 nitrogen and oxygen atoms in total. The summed E-state index contributed by atoms with van der Waals surface area (Å²) in [5.41, 5.74) is 6.03. The van der Waals surface area contributed by atoms with Gasteiger partial charge in [0.1, 0.15) is 18.1 Å². The second kappa shape index (κ2) is 5.21. The van der Waals surface area contributed by atoms with E-state index in [9.17, 15) is 0 Å². The maximum Gasteiger partial charge on any atom is 0.119 e. The van der Waals surface area contributed by atoms with E-state index in [1.165, 1.54) is 19.3 Å². The Morgan fingerprint density at radius 1 is 1.25 bits per heavy atom. The Balaban J connectivity index is 1.79. The van der Waals surface area contributed by atoms with Crippen molar-refractivity contribution in [3.63, 3.8) is 0 Å². The van der Waals surface area contributed by atoms with Crippen molar-refractivity contribution in [2.24, 2.45) is 11.7 Å². The summed E-state index contributed by atoms with van der Waals surface area (Å²) < 4.78 is 10.7. The standard InChI is InChI=1S/C13H19NO2/c1-15-11-5-7-12(8-6-11)16-9-13(14)10-3-2-4-10/h5-8,10,13H,2-4,9,14H2,1H3. The Morgan fingerprint density at radius 3 is 2.38 bits per heavy atom. The van der Waals surface area contributed by atoms with Gasteiger partial charge in [-0.3, -0.25) is 0 Å². The van der Waals surface area contributed by atoms with Gasteiger partial charge in [-0.05, 0) is 43.0 Å². The largest absolute Gasteiger partial charge is 0.497 e. The fourth-order valence-electron chi connectivity index (χ4n) is 1.87. The summed E-state index contributed by atoms with van der Waals surface area (Å²) >= 11 is 0. The minimum atomic E-state index is 0.177. The maximum absolute atomic E-state index is 6.03. The molecular formula is C13H19NO2. The van der Waals surface area contributed by atoms with Gasteiger partial charge in [0.05, 0.1) is 7.11 Å². The first-order chi connectivity index (χ1) is 7.79. The van der Waals surface area contributed by atoms with Gasteiger partial charge in [0.15, 0.2) is 0 Å². The molecule has 1 atom stereocenters. The van der Waals surface area contributed by atoms with Gasteiger partial charge in [-0.1, -0.05) is 6.42 Å². The zero-order valence-electron chi connectivity index (χ0n) is 9.69. The first-order valence-corrected chi connectivity index (χ1v) is 5.82. The summed E-state index contributed by atoms with van der Waals surface area (Å²) in [5.74, 6) is 2.37. The molecule has 2 N–H and O–H groups in total. The van der Waals surface area contributed by atoms with Crippen LogP contribution in [0.3, 0.4) is 0 Å². The van der Waals surface area contributed by atoms with Crippen molar-refractivity contribution in [1.29, 1.82) is 0 Å². The molecule has 1 aliphatic rings. The molecule has 0 aromatic heterocycles. The molecule has 0 spiro atoms. The lowest BCUT2D eigenvalue weighted by Crippen LogP contribution is -2.39. The van der Waals surface area contributed by atoms with Gasteiger partial charge in [0.2, 0.25) is 0 Å². The Kier molecular flexibility index (Phi) is 3.67. The molecule has 0 saturated heterocycles. The summed E-state index contributed by atoms with van der Waals surface area (Å²) in [5, 5.41) is 0. The highest BCUT2D eigenvalue weighted by Crippen LogP contribution is 2.29. The SMILES string of the molecule is COc1ccc(OCC(N)C2CCC2)cc1. The maximum atomic E-state index is 6.03. The van der Waals surface area contributed by atoms with Crippen LogP contribution >= 0.6 is 0 Å². The molecule has 0 bridgehead atoms. The smallest absolute Gasteiger partial charge is 0.119 e. The van der Waals surface area contributed by atoms with Crippen molar-refractivity contribution in [3.8, 4) is 11.5 Å². The second-order valence-corrected chi connectivity index (χ2v) is 4.34. The van der Waals surface area contributed by atoms with E-state index in [1.54, 1.807) is 7.11 Å². The summed E-state index contributed by atoms with van der Waals surface area (Å²) in [6.45, 7) is 0.608. The van der Waals surface area contributed by atoms with Crippen LogP contribution in [0.4, 0.5) is 0 Å². The fourth-order valence-corrected chi connectivity index (χ4v) is 1.87. The molecule has 88 valence electrons. The second-order valence-electron chi connectivity index (χ2n) is 4.34. The third-order valence-corrected chi connectivity index (χ3v) is 3.26. The lowest BCUT2D eigenvalue weighted by molar-refractivity contribution is 0.189. The monoisotopic (exact) mass is 221 g/mol. The number of nitrogens with two attached hydrogens (primary N) is 1. The Labute approximate surface area is 96.5 Å². The van der Waals surface area contributed by atoms with Crippen LogP contribution in [-0.2, 0) is 0 Å². The van der Waals surface area contributed by atoms with Gasteiger partial charge < -0.3 is 15.2 Å². The van der Waals surface area contributed by atoms with Gasteiger partial charge >= 0.3 is 0 Å². The highest BCUT2D eigenvalue weighted by atomic mass is 16.5. The quantitative estimate of drug-likeness (QED) is 0.829. The molecule has 0 amide bonds. The highest BCUT2D eigenvalue weighted by molar-refractivity contribution is 5.31. The molecule has 16 heavy (non-hydrogen) atoms. The predicted molar refractivity (Wildman–Crippen MR) is 63.8 cm³/mol. The van der Waals surface area contributed by atoms with E-state index < -0.39 is 0 Å². The number of ether oxygens (including phenoxy) is 2. The van der Waals surface area contributed by atoms with Crippen molar-refractivity contribution < 1.29 is 9.47 Å². The lowest BCUT2D eigenvalue weighted by atomic mass is 9.80. The molecule has 1 aromatic carbocycles. The molecular weight excluding hydrogens is 202 g/mol. The zero-order valence-corrected chi connectivity index (χ0v) is 9.69. The number of benzene rings is 1. The van der Waals surface area contributed by atoms with Crippen LogP contribution in [0.15, 0.2) is 24.3 Å².